The van der Waals surface area contributed by atoms with E-state index in [1.807, 2.05) is 38.0 Å². The summed E-state index contributed by atoms with van der Waals surface area (Å²) in [6.45, 7) is 19.3. The molecule has 0 unspecified atom stereocenters. The maximum absolute atomic E-state index is 10.7. The van der Waals surface area contributed by atoms with Crippen molar-refractivity contribution in [1.82, 2.24) is 0 Å². The number of rotatable bonds is 4. The van der Waals surface area contributed by atoms with Crippen LogP contribution in [-0.2, 0) is 31.0 Å². The third-order valence-electron chi connectivity index (χ3n) is 1.47. The van der Waals surface area contributed by atoms with Gasteiger partial charge in [0.1, 0.15) is 0 Å². The molecular weight excluding hydrogens is 429 g/mol. The summed E-state index contributed by atoms with van der Waals surface area (Å²) >= 11 is 0. The monoisotopic (exact) mass is 442 g/mol. The molecule has 0 heterocycles. The van der Waals surface area contributed by atoms with Gasteiger partial charge in [0.05, 0.1) is 0 Å². The fourth-order valence-corrected chi connectivity index (χ4v) is 0.888. The molecule has 147 valence electrons. The average Bonchev–Trinajstić information content (AvgIpc) is 2.51. The molecule has 26 heavy (non-hydrogen) atoms. The first kappa shape index (κ1) is 36.0. The first-order valence-corrected chi connectivity index (χ1v) is 7.66. The Hall–Kier alpha value is -1.03. The van der Waals surface area contributed by atoms with Crippen LogP contribution in [0.3, 0.4) is 0 Å². The molecule has 0 aromatic heterocycles. The van der Waals surface area contributed by atoms with Crippen LogP contribution in [0.4, 0.5) is 25.2 Å². The minimum Gasteiger partial charge on any atom is -0.0622 e. The molecule has 0 aliphatic rings. The Morgan fingerprint density at radius 1 is 0.885 bits per heavy atom. The number of halogens is 6. The first-order chi connectivity index (χ1) is 11.2. The Kier molecular flexibility index (Phi) is 22.4. The van der Waals surface area contributed by atoms with Gasteiger partial charge in [-0.1, -0.05) is 37.3 Å². The smallest absolute Gasteiger partial charge is 0 e. The zero-order valence-corrected chi connectivity index (χ0v) is 15.1. The van der Waals surface area contributed by atoms with Gasteiger partial charge in [0.2, 0.25) is 0 Å². The van der Waals surface area contributed by atoms with E-state index in [1.165, 1.54) is 5.56 Å². The molecule has 5 radical (unpaired) electrons. The molecule has 0 bridgehead atoms. The molecule has 0 aliphatic heterocycles. The third kappa shape index (κ3) is 65.9. The molecule has 0 fully saturated rings. The molecule has 0 aliphatic carbocycles. The second-order valence-corrected chi connectivity index (χ2v) is 5.66. The normalized spacial score (nSPS) is 11.3. The van der Waals surface area contributed by atoms with E-state index in [1.54, 1.807) is 0 Å². The van der Waals surface area contributed by atoms with Crippen LogP contribution < -0.4 is 0 Å². The Balaban J connectivity index is -0.0000000909. The van der Waals surface area contributed by atoms with Gasteiger partial charge in [-0.15, -0.1) is 0 Å². The summed E-state index contributed by atoms with van der Waals surface area (Å²) in [5, 5.41) is 0. The van der Waals surface area contributed by atoms with Gasteiger partial charge in [-0.25, -0.2) is 0 Å². The van der Waals surface area contributed by atoms with E-state index in [9.17, 15) is 25.2 Å². The van der Waals surface area contributed by atoms with Gasteiger partial charge in [-0.05, 0) is 37.7 Å². The Labute approximate surface area is 159 Å². The van der Waals surface area contributed by atoms with Crippen LogP contribution in [0.5, 0.6) is 0 Å². The maximum Gasteiger partial charge on any atom is 0 e. The van der Waals surface area contributed by atoms with E-state index in [4.69, 9.17) is 14.0 Å². The molecule has 0 saturated heterocycles. The molecule has 0 spiro atoms. The molecule has 11 heteroatoms. The van der Waals surface area contributed by atoms with Gasteiger partial charge in [-0.2, -0.15) is 0 Å². The standard InChI is InChI=1S/C12H13.3CO.F6P.Fe/c1-11(2)7-6-10-12-8-4-3-5-9-12;3*1-2;1-7(2,3,4,5)6;/h3-10H,1H2,2H3;;;;;/q;;;;-1;. The van der Waals surface area contributed by atoms with Crippen molar-refractivity contribution in [3.05, 3.63) is 88.0 Å². The van der Waals surface area contributed by atoms with Gasteiger partial charge in [0.25, 0.3) is 0 Å². The summed E-state index contributed by atoms with van der Waals surface area (Å²) < 4.78 is 81.7. The van der Waals surface area contributed by atoms with E-state index in [0.29, 0.717) is 0 Å². The predicted molar refractivity (Wildman–Crippen MR) is 78.1 cm³/mol. The van der Waals surface area contributed by atoms with Crippen LogP contribution in [0.15, 0.2) is 30.3 Å². The van der Waals surface area contributed by atoms with E-state index in [2.05, 4.69) is 45.4 Å². The van der Waals surface area contributed by atoms with Crippen molar-refractivity contribution in [3.8, 4) is 0 Å². The minimum atomic E-state index is -10.7. The quantitative estimate of drug-likeness (QED) is 0.172. The third-order valence-corrected chi connectivity index (χ3v) is 1.47. The molecule has 0 amide bonds. The van der Waals surface area contributed by atoms with Gasteiger partial charge in [0.15, 0.2) is 0 Å². The van der Waals surface area contributed by atoms with Crippen LogP contribution in [0.1, 0.15) is 12.5 Å². The Morgan fingerprint density at radius 2 is 1.19 bits per heavy atom. The summed E-state index contributed by atoms with van der Waals surface area (Å²) in [4.78, 5) is 0. The summed E-state index contributed by atoms with van der Waals surface area (Å²) in [5.74, 6) is 1.07. The largest absolute Gasteiger partial charge is 0.0622 e. The fourth-order valence-electron chi connectivity index (χ4n) is 0.888. The second kappa shape index (κ2) is 16.2. The topological polar surface area (TPSA) is 59.7 Å². The second-order valence-electron chi connectivity index (χ2n) is 3.74. The summed E-state index contributed by atoms with van der Waals surface area (Å²) in [5.41, 5.74) is 1.22. The predicted octanol–water partition coefficient (Wildman–Crippen LogP) is 6.34. The van der Waals surface area contributed by atoms with Crippen LogP contribution in [0.2, 0.25) is 0 Å². The van der Waals surface area contributed by atoms with Crippen molar-refractivity contribution >= 4 is 7.81 Å². The molecule has 3 nitrogen and oxygen atoms in total. The summed E-state index contributed by atoms with van der Waals surface area (Å²) in [6, 6.07) is 10.2. The molecule has 1 aromatic rings. The van der Waals surface area contributed by atoms with E-state index >= 15 is 0 Å². The maximum atomic E-state index is 9.87. The Bertz CT molecular complexity index is 472. The zero-order valence-electron chi connectivity index (χ0n) is 13.1. The van der Waals surface area contributed by atoms with Gasteiger partial charge in [-0.3, -0.25) is 0 Å². The van der Waals surface area contributed by atoms with Crippen molar-refractivity contribution < 1.29 is 56.2 Å². The van der Waals surface area contributed by atoms with Crippen molar-refractivity contribution in [2.45, 2.75) is 6.92 Å². The van der Waals surface area contributed by atoms with Crippen molar-refractivity contribution in [1.29, 1.82) is 0 Å². The van der Waals surface area contributed by atoms with Crippen LogP contribution in [-0.4, -0.2) is 0 Å². The van der Waals surface area contributed by atoms with Gasteiger partial charge < -0.3 is 0 Å². The average molecular weight is 442 g/mol. The van der Waals surface area contributed by atoms with Crippen molar-refractivity contribution in [2.75, 3.05) is 0 Å². The number of benzene rings is 1. The SMILES string of the molecule is F[P-](F)(F)(F)(F)F.[C-]#[O+].[C-]#[O+].[C-]#[O+].[CH2][C](C)[CH][CH][CH]c1ccccc1.[Fe]. The first-order valence-electron chi connectivity index (χ1n) is 5.63. The van der Waals surface area contributed by atoms with Gasteiger partial charge in [0, 0.05) is 17.1 Å². The molecule has 1 aromatic carbocycles. The number of hydrogen-bond donors (Lipinski definition) is 0. The van der Waals surface area contributed by atoms with Crippen LogP contribution >= 0.6 is 7.81 Å². The van der Waals surface area contributed by atoms with Crippen LogP contribution in [0.25, 0.3) is 0 Å². The fraction of sp³-hybridized carbons (Fsp3) is 0.0667. The number of hydrogen-bond acceptors (Lipinski definition) is 0. The minimum absolute atomic E-state index is 0. The molecule has 1 rings (SSSR count). The van der Waals surface area contributed by atoms with E-state index in [0.717, 1.165) is 5.92 Å². The molecule has 0 N–H and O–H groups in total. The molecular formula is C15H13F6FeO3P-. The zero-order chi connectivity index (χ0) is 21.2. The van der Waals surface area contributed by atoms with Crippen LogP contribution in [0, 0.1) is 52.1 Å². The summed E-state index contributed by atoms with van der Waals surface area (Å²) in [6.07, 6.45) is 6.07. The molecule has 0 saturated carbocycles. The summed E-state index contributed by atoms with van der Waals surface area (Å²) in [7, 11) is -10.7. The van der Waals surface area contributed by atoms with E-state index in [-0.39, 0.29) is 17.1 Å². The van der Waals surface area contributed by atoms with Crippen molar-refractivity contribution in [3.63, 3.8) is 0 Å². The van der Waals surface area contributed by atoms with E-state index < -0.39 is 7.81 Å². The molecule has 0 atom stereocenters. The van der Waals surface area contributed by atoms with Crippen molar-refractivity contribution in [2.24, 2.45) is 0 Å². The van der Waals surface area contributed by atoms with Gasteiger partial charge >= 0.3 is 66.9 Å². The Morgan fingerprint density at radius 3 is 1.46 bits per heavy atom.